The Morgan fingerprint density at radius 2 is 1.52 bits per heavy atom. The fourth-order valence-electron chi connectivity index (χ4n) is 3.28. The van der Waals surface area contributed by atoms with Gasteiger partial charge in [0.2, 0.25) is 11.8 Å². The molecule has 2 fully saturated rings. The first-order valence-corrected chi connectivity index (χ1v) is 6.54. The largest absolute Gasteiger partial charge is 0.365 e. The number of carbonyl (C=O) groups is 2. The van der Waals surface area contributed by atoms with Gasteiger partial charge in [0.15, 0.2) is 0 Å². The molecule has 2 saturated heterocycles. The number of fused-ring (bicyclic) bond motifs is 5. The number of non-ortho nitro benzene ring substituents is 1. The van der Waals surface area contributed by atoms with E-state index in [9.17, 15) is 19.7 Å². The highest BCUT2D eigenvalue weighted by Crippen LogP contribution is 2.46. The van der Waals surface area contributed by atoms with Crippen LogP contribution in [0.5, 0.6) is 0 Å². The number of nitro groups is 1. The Morgan fingerprint density at radius 3 is 2.00 bits per heavy atom. The number of rotatable bonds is 2. The number of benzene rings is 1. The summed E-state index contributed by atoms with van der Waals surface area (Å²) < 4.78 is 5.55. The topological polar surface area (TPSA) is 89.8 Å². The third-order valence-electron chi connectivity index (χ3n) is 4.23. The summed E-state index contributed by atoms with van der Waals surface area (Å²) in [5.41, 5.74) is 0.285. The van der Waals surface area contributed by atoms with Crippen LogP contribution in [0.15, 0.2) is 36.4 Å². The van der Waals surface area contributed by atoms with E-state index in [0.29, 0.717) is 5.69 Å². The van der Waals surface area contributed by atoms with Crippen molar-refractivity contribution in [3.05, 3.63) is 46.5 Å². The summed E-state index contributed by atoms with van der Waals surface area (Å²) in [4.78, 5) is 36.2. The molecular formula is C14H10N2O5. The molecule has 4 atom stereocenters. The second kappa shape index (κ2) is 3.98. The SMILES string of the molecule is O=C1[C@@H]2[C@H](C(=O)N1c1ccc([N+](=O)[O-])cc1)[C@H]1C=C[C@@H]2O1. The molecule has 2 amide bonds. The molecule has 1 aromatic carbocycles. The minimum atomic E-state index is -0.524. The summed E-state index contributed by atoms with van der Waals surface area (Å²) in [5, 5.41) is 10.6. The normalized spacial score (nSPS) is 32.9. The van der Waals surface area contributed by atoms with Gasteiger partial charge in [0, 0.05) is 12.1 Å². The predicted molar refractivity (Wildman–Crippen MR) is 70.4 cm³/mol. The lowest BCUT2D eigenvalue weighted by atomic mass is 9.85. The number of carbonyl (C=O) groups excluding carboxylic acids is 2. The second-order valence-electron chi connectivity index (χ2n) is 5.29. The summed E-state index contributed by atoms with van der Waals surface area (Å²) in [7, 11) is 0. The molecule has 0 N–H and O–H groups in total. The molecule has 7 heteroatoms. The fraction of sp³-hybridized carbons (Fsp3) is 0.286. The van der Waals surface area contributed by atoms with Crippen LogP contribution in [-0.2, 0) is 14.3 Å². The van der Waals surface area contributed by atoms with E-state index in [-0.39, 0.29) is 29.7 Å². The first kappa shape index (κ1) is 12.2. The Bertz CT molecular complexity index is 666. The molecule has 3 aliphatic rings. The Labute approximate surface area is 118 Å². The van der Waals surface area contributed by atoms with Crippen molar-refractivity contribution in [1.82, 2.24) is 0 Å². The van der Waals surface area contributed by atoms with Crippen LogP contribution in [0.1, 0.15) is 0 Å². The maximum atomic E-state index is 12.5. The van der Waals surface area contributed by atoms with Gasteiger partial charge in [-0.1, -0.05) is 12.2 Å². The van der Waals surface area contributed by atoms with Crippen molar-refractivity contribution in [2.45, 2.75) is 12.2 Å². The monoisotopic (exact) mass is 286 g/mol. The molecule has 106 valence electrons. The number of amides is 2. The van der Waals surface area contributed by atoms with Gasteiger partial charge in [0.25, 0.3) is 5.69 Å². The lowest BCUT2D eigenvalue weighted by Crippen LogP contribution is -2.34. The van der Waals surface area contributed by atoms with E-state index < -0.39 is 16.8 Å². The summed E-state index contributed by atoms with van der Waals surface area (Å²) in [6, 6.07) is 5.41. The third kappa shape index (κ3) is 1.52. The molecule has 2 bridgehead atoms. The minimum absolute atomic E-state index is 0.0805. The number of anilines is 1. The molecule has 7 nitrogen and oxygen atoms in total. The lowest BCUT2D eigenvalue weighted by Gasteiger charge is -2.17. The first-order valence-electron chi connectivity index (χ1n) is 6.54. The van der Waals surface area contributed by atoms with Crippen LogP contribution < -0.4 is 4.90 Å². The van der Waals surface area contributed by atoms with Gasteiger partial charge in [-0.3, -0.25) is 19.7 Å². The number of nitrogens with zero attached hydrogens (tertiary/aromatic N) is 2. The number of imide groups is 1. The molecule has 21 heavy (non-hydrogen) atoms. The number of hydrogen-bond donors (Lipinski definition) is 0. The average Bonchev–Trinajstić information content (AvgIpc) is 3.13. The molecule has 0 saturated carbocycles. The molecule has 1 aromatic rings. The van der Waals surface area contributed by atoms with Crippen LogP contribution in [0.2, 0.25) is 0 Å². The average molecular weight is 286 g/mol. The number of hydrogen-bond acceptors (Lipinski definition) is 5. The van der Waals surface area contributed by atoms with E-state index in [1.807, 2.05) is 12.2 Å². The van der Waals surface area contributed by atoms with Gasteiger partial charge in [-0.05, 0) is 12.1 Å². The Morgan fingerprint density at radius 1 is 1.00 bits per heavy atom. The van der Waals surface area contributed by atoms with Crippen molar-refractivity contribution in [3.63, 3.8) is 0 Å². The van der Waals surface area contributed by atoms with E-state index in [0.717, 1.165) is 4.90 Å². The molecule has 3 aliphatic heterocycles. The van der Waals surface area contributed by atoms with Gasteiger partial charge in [-0.15, -0.1) is 0 Å². The third-order valence-corrected chi connectivity index (χ3v) is 4.23. The molecule has 0 aliphatic carbocycles. The van der Waals surface area contributed by atoms with E-state index >= 15 is 0 Å². The van der Waals surface area contributed by atoms with Crippen LogP contribution >= 0.6 is 0 Å². The molecule has 0 aromatic heterocycles. The van der Waals surface area contributed by atoms with Crippen LogP contribution in [0.25, 0.3) is 0 Å². The van der Waals surface area contributed by atoms with Crippen molar-refractivity contribution < 1.29 is 19.2 Å². The smallest absolute Gasteiger partial charge is 0.269 e. The quantitative estimate of drug-likeness (QED) is 0.350. The summed E-state index contributed by atoms with van der Waals surface area (Å²) in [6.45, 7) is 0. The van der Waals surface area contributed by atoms with E-state index in [1.165, 1.54) is 24.3 Å². The van der Waals surface area contributed by atoms with Crippen LogP contribution in [0, 0.1) is 22.0 Å². The Balaban J connectivity index is 1.69. The maximum absolute atomic E-state index is 12.5. The summed E-state index contributed by atoms with van der Waals surface area (Å²) >= 11 is 0. The van der Waals surface area contributed by atoms with Gasteiger partial charge >= 0.3 is 0 Å². The zero-order chi connectivity index (χ0) is 14.7. The van der Waals surface area contributed by atoms with Crippen LogP contribution in [-0.4, -0.2) is 28.9 Å². The summed E-state index contributed by atoms with van der Waals surface area (Å²) in [6.07, 6.45) is 2.96. The highest BCUT2D eigenvalue weighted by molar-refractivity contribution is 6.23. The van der Waals surface area contributed by atoms with Gasteiger partial charge in [-0.2, -0.15) is 0 Å². The van der Waals surface area contributed by atoms with E-state index in [1.54, 1.807) is 0 Å². The fourth-order valence-corrected chi connectivity index (χ4v) is 3.28. The Hall–Kier alpha value is -2.54. The van der Waals surface area contributed by atoms with Crippen molar-refractivity contribution in [2.75, 3.05) is 4.90 Å². The summed E-state index contributed by atoms with van der Waals surface area (Å²) in [5.74, 6) is -1.53. The zero-order valence-corrected chi connectivity index (χ0v) is 10.7. The maximum Gasteiger partial charge on any atom is 0.269 e. The standard InChI is InChI=1S/C14H10N2O5/c17-13-11-9-5-6-10(21-9)12(11)14(18)15(13)7-1-3-8(4-2-7)16(19)20/h1-6,9-12H/t9-,10+,11-,12+. The minimum Gasteiger partial charge on any atom is -0.365 e. The zero-order valence-electron chi connectivity index (χ0n) is 10.7. The second-order valence-corrected chi connectivity index (χ2v) is 5.29. The van der Waals surface area contributed by atoms with Crippen molar-refractivity contribution in [1.29, 1.82) is 0 Å². The molecule has 0 spiro atoms. The molecule has 0 unspecified atom stereocenters. The Kier molecular flexibility index (Phi) is 2.32. The molecule has 4 rings (SSSR count). The predicted octanol–water partition coefficient (Wildman–Crippen LogP) is 1.04. The molecular weight excluding hydrogens is 276 g/mol. The van der Waals surface area contributed by atoms with Crippen molar-refractivity contribution in [3.8, 4) is 0 Å². The first-order chi connectivity index (χ1) is 10.1. The van der Waals surface area contributed by atoms with Crippen molar-refractivity contribution in [2.24, 2.45) is 11.8 Å². The van der Waals surface area contributed by atoms with Gasteiger partial charge in [0.1, 0.15) is 0 Å². The van der Waals surface area contributed by atoms with Gasteiger partial charge < -0.3 is 4.74 Å². The van der Waals surface area contributed by atoms with Gasteiger partial charge in [0.05, 0.1) is 34.7 Å². The van der Waals surface area contributed by atoms with E-state index in [2.05, 4.69) is 0 Å². The van der Waals surface area contributed by atoms with E-state index in [4.69, 9.17) is 4.74 Å². The van der Waals surface area contributed by atoms with Crippen LogP contribution in [0.3, 0.4) is 0 Å². The number of nitro benzene ring substituents is 1. The number of ether oxygens (including phenoxy) is 1. The van der Waals surface area contributed by atoms with Gasteiger partial charge in [-0.25, -0.2) is 4.90 Å². The molecule has 0 radical (unpaired) electrons. The lowest BCUT2D eigenvalue weighted by molar-refractivity contribution is -0.384. The van der Waals surface area contributed by atoms with Crippen LogP contribution in [0.4, 0.5) is 11.4 Å². The highest BCUT2D eigenvalue weighted by atomic mass is 16.6. The highest BCUT2D eigenvalue weighted by Gasteiger charge is 2.60. The van der Waals surface area contributed by atoms with Crippen molar-refractivity contribution >= 4 is 23.2 Å². The molecule has 3 heterocycles.